The highest BCUT2D eigenvalue weighted by molar-refractivity contribution is 5.19. The molecule has 1 heterocycles. The van der Waals surface area contributed by atoms with Gasteiger partial charge in [-0.1, -0.05) is 37.3 Å². The molecule has 2 atom stereocenters. The van der Waals surface area contributed by atoms with E-state index in [4.69, 9.17) is 4.74 Å². The maximum atomic E-state index is 10.2. The van der Waals surface area contributed by atoms with Crippen LogP contribution in [0.1, 0.15) is 18.4 Å². The Morgan fingerprint density at radius 1 is 1.24 bits per heavy atom. The van der Waals surface area contributed by atoms with Gasteiger partial charge in [-0.15, -0.1) is 0 Å². The molecule has 0 aromatic heterocycles. The fourth-order valence-corrected chi connectivity index (χ4v) is 2.19. The molecule has 17 heavy (non-hydrogen) atoms. The average Bonchev–Trinajstić information content (AvgIpc) is 2.40. The Labute approximate surface area is 103 Å². The van der Waals surface area contributed by atoms with Gasteiger partial charge in [-0.3, -0.25) is 4.90 Å². The van der Waals surface area contributed by atoms with Crippen LogP contribution in [0.15, 0.2) is 30.3 Å². The highest BCUT2D eigenvalue weighted by Gasteiger charge is 2.20. The van der Waals surface area contributed by atoms with Crippen molar-refractivity contribution in [1.82, 2.24) is 4.90 Å². The Morgan fingerprint density at radius 3 is 2.53 bits per heavy atom. The Morgan fingerprint density at radius 2 is 1.88 bits per heavy atom. The molecule has 0 bridgehead atoms. The molecule has 0 aliphatic carbocycles. The highest BCUT2D eigenvalue weighted by atomic mass is 16.5. The van der Waals surface area contributed by atoms with Crippen LogP contribution < -0.4 is 0 Å². The lowest BCUT2D eigenvalue weighted by molar-refractivity contribution is 0.0103. The van der Waals surface area contributed by atoms with E-state index < -0.39 is 0 Å². The molecule has 1 fully saturated rings. The van der Waals surface area contributed by atoms with Crippen LogP contribution in [-0.4, -0.2) is 49.0 Å². The molecule has 1 aromatic carbocycles. The van der Waals surface area contributed by atoms with E-state index >= 15 is 0 Å². The third-order valence-corrected chi connectivity index (χ3v) is 3.45. The van der Waals surface area contributed by atoms with Gasteiger partial charge in [0.15, 0.2) is 0 Å². The quantitative estimate of drug-likeness (QED) is 0.858. The molecule has 1 N–H and O–H groups in total. The lowest BCUT2D eigenvalue weighted by atomic mass is 9.95. The number of morpholine rings is 1. The van der Waals surface area contributed by atoms with Gasteiger partial charge in [0, 0.05) is 25.6 Å². The van der Waals surface area contributed by atoms with Crippen molar-refractivity contribution in [3.05, 3.63) is 35.9 Å². The summed E-state index contributed by atoms with van der Waals surface area (Å²) in [6.07, 6.45) is -0.310. The van der Waals surface area contributed by atoms with Crippen molar-refractivity contribution >= 4 is 0 Å². The minimum absolute atomic E-state index is 0.180. The van der Waals surface area contributed by atoms with E-state index in [1.54, 1.807) is 0 Å². The van der Waals surface area contributed by atoms with Crippen molar-refractivity contribution in [3.63, 3.8) is 0 Å². The predicted molar refractivity (Wildman–Crippen MR) is 68.1 cm³/mol. The smallest absolute Gasteiger partial charge is 0.0732 e. The van der Waals surface area contributed by atoms with E-state index in [9.17, 15) is 5.11 Å². The molecule has 3 nitrogen and oxygen atoms in total. The van der Waals surface area contributed by atoms with Crippen LogP contribution in [0, 0.1) is 0 Å². The molecule has 1 aliphatic heterocycles. The molecule has 2 rings (SSSR count). The van der Waals surface area contributed by atoms with Crippen LogP contribution >= 0.6 is 0 Å². The van der Waals surface area contributed by atoms with Crippen LogP contribution in [0.25, 0.3) is 0 Å². The Bertz CT molecular complexity index is 322. The van der Waals surface area contributed by atoms with Crippen molar-refractivity contribution in [3.8, 4) is 0 Å². The maximum Gasteiger partial charge on any atom is 0.0732 e. The summed E-state index contributed by atoms with van der Waals surface area (Å²) in [5.41, 5.74) is 1.20. The van der Waals surface area contributed by atoms with E-state index in [2.05, 4.69) is 24.0 Å². The first kappa shape index (κ1) is 12.6. The zero-order valence-electron chi connectivity index (χ0n) is 10.4. The number of ether oxygens (including phenoxy) is 1. The van der Waals surface area contributed by atoms with E-state index in [1.165, 1.54) is 5.56 Å². The van der Waals surface area contributed by atoms with Crippen molar-refractivity contribution in [2.75, 3.05) is 32.8 Å². The van der Waals surface area contributed by atoms with E-state index in [0.29, 0.717) is 0 Å². The summed E-state index contributed by atoms with van der Waals surface area (Å²) >= 11 is 0. The van der Waals surface area contributed by atoms with Gasteiger partial charge in [-0.05, 0) is 5.56 Å². The molecule has 1 aromatic rings. The van der Waals surface area contributed by atoms with Gasteiger partial charge in [-0.2, -0.15) is 0 Å². The lowest BCUT2D eigenvalue weighted by Gasteiger charge is -2.30. The highest BCUT2D eigenvalue weighted by Crippen LogP contribution is 2.19. The first-order valence-corrected chi connectivity index (χ1v) is 6.30. The zero-order valence-corrected chi connectivity index (χ0v) is 10.4. The Kier molecular flexibility index (Phi) is 4.54. The molecule has 1 saturated heterocycles. The standard InChI is InChI=1S/C14H21NO2/c1-12(13-5-3-2-4-6-13)14(16)11-15-7-9-17-10-8-15/h2-6,12,14,16H,7-11H2,1H3/t12-,14-/m0/s1. The minimum atomic E-state index is -0.310. The summed E-state index contributed by atoms with van der Waals surface area (Å²) in [5, 5.41) is 10.2. The number of nitrogens with zero attached hydrogens (tertiary/aromatic N) is 1. The van der Waals surface area contributed by atoms with Crippen molar-refractivity contribution in [1.29, 1.82) is 0 Å². The molecule has 94 valence electrons. The van der Waals surface area contributed by atoms with Crippen LogP contribution in [0.3, 0.4) is 0 Å². The van der Waals surface area contributed by atoms with Crippen molar-refractivity contribution in [2.24, 2.45) is 0 Å². The van der Waals surface area contributed by atoms with Crippen molar-refractivity contribution < 1.29 is 9.84 Å². The number of rotatable bonds is 4. The van der Waals surface area contributed by atoms with Gasteiger partial charge in [-0.25, -0.2) is 0 Å². The normalized spacial score (nSPS) is 21.1. The van der Waals surface area contributed by atoms with Gasteiger partial charge in [0.05, 0.1) is 19.3 Å². The third-order valence-electron chi connectivity index (χ3n) is 3.45. The maximum absolute atomic E-state index is 10.2. The number of aliphatic hydroxyl groups is 1. The van der Waals surface area contributed by atoms with Gasteiger partial charge < -0.3 is 9.84 Å². The fourth-order valence-electron chi connectivity index (χ4n) is 2.19. The number of hydrogen-bond donors (Lipinski definition) is 1. The number of benzene rings is 1. The third kappa shape index (κ3) is 3.53. The second-order valence-electron chi connectivity index (χ2n) is 4.68. The Hall–Kier alpha value is -0.900. The number of β-amino-alcohol motifs (C(OH)–C–C–N with tert-alkyl or cyclic N) is 1. The molecule has 0 spiro atoms. The monoisotopic (exact) mass is 235 g/mol. The summed E-state index contributed by atoms with van der Waals surface area (Å²) in [4.78, 5) is 2.27. The van der Waals surface area contributed by atoms with Crippen LogP contribution in [0.4, 0.5) is 0 Å². The largest absolute Gasteiger partial charge is 0.391 e. The fraction of sp³-hybridized carbons (Fsp3) is 0.571. The molecular weight excluding hydrogens is 214 g/mol. The minimum Gasteiger partial charge on any atom is -0.391 e. The molecular formula is C14H21NO2. The molecule has 0 unspecified atom stereocenters. The van der Waals surface area contributed by atoms with Gasteiger partial charge >= 0.3 is 0 Å². The van der Waals surface area contributed by atoms with E-state index in [1.807, 2.05) is 18.2 Å². The summed E-state index contributed by atoms with van der Waals surface area (Å²) in [5.74, 6) is 0.180. The number of aliphatic hydroxyl groups excluding tert-OH is 1. The summed E-state index contributed by atoms with van der Waals surface area (Å²) < 4.78 is 5.30. The molecule has 0 radical (unpaired) electrons. The topological polar surface area (TPSA) is 32.7 Å². The van der Waals surface area contributed by atoms with E-state index in [0.717, 1.165) is 32.8 Å². The lowest BCUT2D eigenvalue weighted by Crippen LogP contribution is -2.42. The Balaban J connectivity index is 1.88. The summed E-state index contributed by atoms with van der Waals surface area (Å²) in [6, 6.07) is 10.2. The van der Waals surface area contributed by atoms with Crippen LogP contribution in [-0.2, 0) is 4.74 Å². The first-order valence-electron chi connectivity index (χ1n) is 6.30. The van der Waals surface area contributed by atoms with Crippen LogP contribution in [0.5, 0.6) is 0 Å². The molecule has 1 aliphatic rings. The van der Waals surface area contributed by atoms with Crippen LogP contribution in [0.2, 0.25) is 0 Å². The van der Waals surface area contributed by atoms with E-state index in [-0.39, 0.29) is 12.0 Å². The average molecular weight is 235 g/mol. The van der Waals surface area contributed by atoms with Gasteiger partial charge in [0.2, 0.25) is 0 Å². The molecule has 0 saturated carbocycles. The zero-order chi connectivity index (χ0) is 12.1. The predicted octanol–water partition coefficient (Wildman–Crippen LogP) is 1.48. The second-order valence-corrected chi connectivity index (χ2v) is 4.68. The number of hydrogen-bond acceptors (Lipinski definition) is 3. The summed E-state index contributed by atoms with van der Waals surface area (Å²) in [7, 11) is 0. The molecule has 3 heteroatoms. The summed E-state index contributed by atoms with van der Waals surface area (Å²) in [6.45, 7) is 6.25. The first-order chi connectivity index (χ1) is 8.27. The second kappa shape index (κ2) is 6.15. The SMILES string of the molecule is C[C@@H](c1ccccc1)[C@@H](O)CN1CCOCC1. The van der Waals surface area contributed by atoms with Gasteiger partial charge in [0.25, 0.3) is 0 Å². The van der Waals surface area contributed by atoms with Crippen molar-refractivity contribution in [2.45, 2.75) is 18.9 Å². The molecule has 0 amide bonds. The van der Waals surface area contributed by atoms with Gasteiger partial charge in [0.1, 0.15) is 0 Å².